The summed E-state index contributed by atoms with van der Waals surface area (Å²) >= 11 is 3.31. The van der Waals surface area contributed by atoms with Crippen molar-refractivity contribution in [2.24, 2.45) is 0 Å². The second kappa shape index (κ2) is 8.71. The quantitative estimate of drug-likeness (QED) is 0.411. The molecule has 0 rings (SSSR count). The molecule has 12 heavy (non-hydrogen) atoms. The van der Waals surface area contributed by atoms with E-state index < -0.39 is 0 Å². The van der Waals surface area contributed by atoms with Crippen molar-refractivity contribution in [3.05, 3.63) is 0 Å². The van der Waals surface area contributed by atoms with Crippen LogP contribution in [0.15, 0.2) is 0 Å². The summed E-state index contributed by atoms with van der Waals surface area (Å²) in [5, 5.41) is 3.48. The lowest BCUT2D eigenvalue weighted by molar-refractivity contribution is -0.122. The van der Waals surface area contributed by atoms with E-state index in [0.717, 1.165) is 24.6 Å². The van der Waals surface area contributed by atoms with Crippen LogP contribution in [-0.4, -0.2) is 24.1 Å². The molecule has 0 aromatic carbocycles. The Morgan fingerprint density at radius 1 is 1.33 bits per heavy atom. The van der Waals surface area contributed by atoms with Crippen LogP contribution in [0.5, 0.6) is 0 Å². The fourth-order valence-corrected chi connectivity index (χ4v) is 1.20. The number of unbranched alkanes of at least 4 members (excludes halogenated alkanes) is 2. The van der Waals surface area contributed by atoms with Crippen molar-refractivity contribution in [2.75, 3.05) is 11.9 Å². The molecule has 0 aliphatic carbocycles. The van der Waals surface area contributed by atoms with Gasteiger partial charge in [-0.1, -0.05) is 22.4 Å². The molecule has 0 spiro atoms. The van der Waals surface area contributed by atoms with E-state index in [1.54, 1.807) is 0 Å². The third-order valence-corrected chi connectivity index (χ3v) is 1.98. The first-order valence-electron chi connectivity index (χ1n) is 4.07. The van der Waals surface area contributed by atoms with Gasteiger partial charge in [-0.05, 0) is 12.8 Å². The predicted octanol–water partition coefficient (Wildman–Crippen LogP) is 1.26. The van der Waals surface area contributed by atoms with Crippen molar-refractivity contribution >= 4 is 28.1 Å². The zero-order valence-corrected chi connectivity index (χ0v) is 8.60. The maximum absolute atomic E-state index is 10.9. The third kappa shape index (κ3) is 7.72. The van der Waals surface area contributed by atoms with E-state index >= 15 is 0 Å². The smallest absolute Gasteiger partial charge is 0.220 e. The first kappa shape index (κ1) is 11.6. The van der Waals surface area contributed by atoms with Gasteiger partial charge in [-0.25, -0.2) is 0 Å². The largest absolute Gasteiger partial charge is 0.349 e. The van der Waals surface area contributed by atoms with Crippen molar-refractivity contribution < 1.29 is 9.59 Å². The van der Waals surface area contributed by atoms with Crippen molar-refractivity contribution in [3.63, 3.8) is 0 Å². The van der Waals surface area contributed by atoms with Gasteiger partial charge in [-0.15, -0.1) is 0 Å². The van der Waals surface area contributed by atoms with Crippen molar-refractivity contribution in [1.82, 2.24) is 5.32 Å². The minimum atomic E-state index is -0.0309. The van der Waals surface area contributed by atoms with Crippen LogP contribution < -0.4 is 5.32 Å². The summed E-state index contributed by atoms with van der Waals surface area (Å²) in [5.74, 6) is -0.0309. The summed E-state index contributed by atoms with van der Waals surface area (Å²) in [6.45, 7) is 0.136. The molecule has 0 aromatic rings. The molecule has 0 heterocycles. The van der Waals surface area contributed by atoms with Crippen molar-refractivity contribution in [3.8, 4) is 0 Å². The number of aldehydes is 1. The van der Waals surface area contributed by atoms with Gasteiger partial charge in [0.1, 0.15) is 6.29 Å². The summed E-state index contributed by atoms with van der Waals surface area (Å²) in [6.07, 6.45) is 4.27. The van der Waals surface area contributed by atoms with Gasteiger partial charge in [0.2, 0.25) is 5.91 Å². The standard InChI is InChI=1S/C8H14BrNO2/c9-5-3-1-2-4-8(12)10-6-7-11/h7H,1-6H2,(H,10,12). The molecule has 0 fully saturated rings. The van der Waals surface area contributed by atoms with Crippen molar-refractivity contribution in [1.29, 1.82) is 0 Å². The van der Waals surface area contributed by atoms with Gasteiger partial charge in [0.25, 0.3) is 0 Å². The molecular weight excluding hydrogens is 222 g/mol. The van der Waals surface area contributed by atoms with Crippen LogP contribution in [-0.2, 0) is 9.59 Å². The predicted molar refractivity (Wildman–Crippen MR) is 51.3 cm³/mol. The van der Waals surface area contributed by atoms with Gasteiger partial charge in [-0.2, -0.15) is 0 Å². The van der Waals surface area contributed by atoms with Gasteiger partial charge in [-0.3, -0.25) is 4.79 Å². The molecule has 0 aliphatic rings. The van der Waals surface area contributed by atoms with E-state index in [2.05, 4.69) is 21.2 Å². The second-order valence-corrected chi connectivity index (χ2v) is 3.26. The maximum Gasteiger partial charge on any atom is 0.220 e. The molecule has 0 atom stereocenters. The minimum Gasteiger partial charge on any atom is -0.349 e. The number of rotatable bonds is 7. The number of nitrogens with one attached hydrogen (secondary N) is 1. The van der Waals surface area contributed by atoms with Gasteiger partial charge < -0.3 is 10.1 Å². The highest BCUT2D eigenvalue weighted by atomic mass is 79.9. The fourth-order valence-electron chi connectivity index (χ4n) is 0.801. The van der Waals surface area contributed by atoms with Crippen LogP contribution in [0.3, 0.4) is 0 Å². The van der Waals surface area contributed by atoms with Gasteiger partial charge in [0, 0.05) is 11.8 Å². The Hall–Kier alpha value is -0.380. The van der Waals surface area contributed by atoms with E-state index in [-0.39, 0.29) is 12.5 Å². The topological polar surface area (TPSA) is 46.2 Å². The van der Waals surface area contributed by atoms with Crippen LogP contribution in [0.4, 0.5) is 0 Å². The summed E-state index contributed by atoms with van der Waals surface area (Å²) in [7, 11) is 0. The van der Waals surface area contributed by atoms with Crippen LogP contribution in [0.2, 0.25) is 0 Å². The average Bonchev–Trinajstić information content (AvgIpc) is 2.09. The molecule has 70 valence electrons. The summed E-state index contributed by atoms with van der Waals surface area (Å²) in [6, 6.07) is 0. The van der Waals surface area contributed by atoms with Crippen LogP contribution in [0.25, 0.3) is 0 Å². The normalized spacial score (nSPS) is 9.42. The first-order valence-corrected chi connectivity index (χ1v) is 5.19. The number of amides is 1. The number of carbonyl (C=O) groups excluding carboxylic acids is 2. The van der Waals surface area contributed by atoms with Crippen molar-refractivity contribution in [2.45, 2.75) is 25.7 Å². The minimum absolute atomic E-state index is 0.0309. The number of halogens is 1. The molecule has 4 heteroatoms. The fraction of sp³-hybridized carbons (Fsp3) is 0.750. The zero-order valence-electron chi connectivity index (χ0n) is 7.01. The van der Waals surface area contributed by atoms with Crippen LogP contribution in [0, 0.1) is 0 Å². The molecule has 1 amide bonds. The van der Waals surface area contributed by atoms with E-state index in [0.29, 0.717) is 12.7 Å². The lowest BCUT2D eigenvalue weighted by Gasteiger charge is -1.99. The third-order valence-electron chi connectivity index (χ3n) is 1.42. The Morgan fingerprint density at radius 2 is 2.08 bits per heavy atom. The Labute approximate surface area is 81.0 Å². The maximum atomic E-state index is 10.9. The van der Waals surface area contributed by atoms with E-state index in [1.807, 2.05) is 0 Å². The molecule has 0 aliphatic heterocycles. The molecule has 0 aromatic heterocycles. The first-order chi connectivity index (χ1) is 5.81. The Bertz CT molecular complexity index is 139. The van der Waals surface area contributed by atoms with Crippen LogP contribution >= 0.6 is 15.9 Å². The molecule has 0 radical (unpaired) electrons. The molecule has 0 unspecified atom stereocenters. The van der Waals surface area contributed by atoms with E-state index in [4.69, 9.17) is 0 Å². The molecule has 1 N–H and O–H groups in total. The highest BCUT2D eigenvalue weighted by Crippen LogP contribution is 2.01. The molecular formula is C8H14BrNO2. The monoisotopic (exact) mass is 235 g/mol. The number of alkyl halides is 1. The SMILES string of the molecule is O=CCNC(=O)CCCCCBr. The van der Waals surface area contributed by atoms with E-state index in [1.165, 1.54) is 0 Å². The highest BCUT2D eigenvalue weighted by molar-refractivity contribution is 9.09. The lowest BCUT2D eigenvalue weighted by atomic mass is 10.2. The Kier molecular flexibility index (Phi) is 8.44. The number of hydrogen-bond acceptors (Lipinski definition) is 2. The Morgan fingerprint density at radius 3 is 2.67 bits per heavy atom. The summed E-state index contributed by atoms with van der Waals surface area (Å²) in [4.78, 5) is 20.7. The lowest BCUT2D eigenvalue weighted by Crippen LogP contribution is -2.24. The summed E-state index contributed by atoms with van der Waals surface area (Å²) < 4.78 is 0. The number of carbonyl (C=O) groups is 2. The van der Waals surface area contributed by atoms with Crippen LogP contribution in [0.1, 0.15) is 25.7 Å². The van der Waals surface area contributed by atoms with Gasteiger partial charge in [0.05, 0.1) is 6.54 Å². The Balaban J connectivity index is 3.13. The van der Waals surface area contributed by atoms with Gasteiger partial charge in [0.15, 0.2) is 0 Å². The molecule has 0 bridgehead atoms. The number of hydrogen-bond donors (Lipinski definition) is 1. The van der Waals surface area contributed by atoms with E-state index in [9.17, 15) is 9.59 Å². The molecule has 0 saturated carbocycles. The highest BCUT2D eigenvalue weighted by Gasteiger charge is 1.98. The van der Waals surface area contributed by atoms with Gasteiger partial charge >= 0.3 is 0 Å². The molecule has 0 saturated heterocycles. The summed E-state index contributed by atoms with van der Waals surface area (Å²) in [5.41, 5.74) is 0. The second-order valence-electron chi connectivity index (χ2n) is 2.47. The molecule has 3 nitrogen and oxygen atoms in total. The zero-order chi connectivity index (χ0) is 9.23. The average molecular weight is 236 g/mol.